The number of hydroxylamine groups is 1. The van der Waals surface area contributed by atoms with Crippen LogP contribution >= 0.6 is 0 Å². The normalized spacial score (nSPS) is 20.1. The number of hydrogen-bond acceptors (Lipinski definition) is 7. The Morgan fingerprint density at radius 1 is 1.23 bits per heavy atom. The molecule has 2 aromatic carbocycles. The molecule has 1 heterocycles. The van der Waals surface area contributed by atoms with Crippen molar-refractivity contribution in [2.24, 2.45) is 0 Å². The van der Waals surface area contributed by atoms with Crippen molar-refractivity contribution in [1.82, 2.24) is 9.79 Å². The molecule has 2 aromatic rings. The Hall–Kier alpha value is -2.50. The molecule has 0 saturated carbocycles. The molecule has 9 nitrogen and oxygen atoms in total. The lowest BCUT2D eigenvalue weighted by Gasteiger charge is -2.32. The zero-order valence-electron chi connectivity index (χ0n) is 16.3. The fourth-order valence-corrected chi connectivity index (χ4v) is 4.99. The van der Waals surface area contributed by atoms with Crippen LogP contribution in [0.25, 0.3) is 0 Å². The van der Waals surface area contributed by atoms with Gasteiger partial charge in [-0.1, -0.05) is 30.3 Å². The van der Waals surface area contributed by atoms with Gasteiger partial charge < -0.3 is 14.6 Å². The summed E-state index contributed by atoms with van der Waals surface area (Å²) in [6.45, 7) is -0.162. The molecular weight excluding hydrogens is 412 g/mol. The fourth-order valence-electron chi connectivity index (χ4n) is 3.39. The highest BCUT2D eigenvalue weighted by molar-refractivity contribution is 7.89. The van der Waals surface area contributed by atoms with Crippen LogP contribution in [-0.2, 0) is 26.1 Å². The molecule has 1 aliphatic rings. The van der Waals surface area contributed by atoms with Gasteiger partial charge in [-0.05, 0) is 29.8 Å². The second-order valence-electron chi connectivity index (χ2n) is 6.89. The second kappa shape index (κ2) is 9.54. The van der Waals surface area contributed by atoms with E-state index < -0.39 is 34.2 Å². The Kier molecular flexibility index (Phi) is 7.06. The predicted molar refractivity (Wildman–Crippen MR) is 106 cm³/mol. The molecule has 0 aliphatic carbocycles. The lowest BCUT2D eigenvalue weighted by molar-refractivity contribution is -0.137. The molecule has 3 atom stereocenters. The average Bonchev–Trinajstić information content (AvgIpc) is 3.19. The minimum absolute atomic E-state index is 0.0262. The molecule has 0 radical (unpaired) electrons. The molecule has 1 amide bonds. The molecule has 10 heteroatoms. The van der Waals surface area contributed by atoms with E-state index in [4.69, 9.17) is 9.47 Å². The monoisotopic (exact) mass is 436 g/mol. The summed E-state index contributed by atoms with van der Waals surface area (Å²) < 4.78 is 38.6. The van der Waals surface area contributed by atoms with Crippen molar-refractivity contribution >= 4 is 15.9 Å². The summed E-state index contributed by atoms with van der Waals surface area (Å²) in [5, 5.41) is 19.1. The molecule has 3 N–H and O–H groups in total. The number of hydrogen-bond donors (Lipinski definition) is 3. The number of benzene rings is 2. The molecule has 1 saturated heterocycles. The van der Waals surface area contributed by atoms with E-state index in [0.717, 1.165) is 4.31 Å². The smallest absolute Gasteiger partial charge is 0.264 e. The van der Waals surface area contributed by atoms with E-state index >= 15 is 0 Å². The standard InChI is InChI=1S/C20H24N2O7S/c1-28-16-7-9-17(10-8-16)30(26,27)22(12-14-5-3-2-4-6-14)19(20(24)21-25)18-11-15(23)13-29-18/h2-10,15,18-19,23,25H,11-13H2,1H3,(H,21,24)/t15-,18+,19+/m0/s1. The third kappa shape index (κ3) is 4.79. The van der Waals surface area contributed by atoms with E-state index in [0.29, 0.717) is 11.3 Å². The van der Waals surface area contributed by atoms with Crippen molar-refractivity contribution in [2.75, 3.05) is 13.7 Å². The van der Waals surface area contributed by atoms with Crippen molar-refractivity contribution in [3.8, 4) is 5.75 Å². The van der Waals surface area contributed by atoms with E-state index in [1.54, 1.807) is 30.3 Å². The number of aliphatic hydroxyl groups excluding tert-OH is 1. The fraction of sp³-hybridized carbons (Fsp3) is 0.350. The van der Waals surface area contributed by atoms with Gasteiger partial charge in [0.15, 0.2) is 0 Å². The quantitative estimate of drug-likeness (QED) is 0.415. The first kappa shape index (κ1) is 22.2. The summed E-state index contributed by atoms with van der Waals surface area (Å²) in [5.41, 5.74) is 2.18. The average molecular weight is 436 g/mol. The number of rotatable bonds is 8. The Balaban J connectivity index is 2.06. The van der Waals surface area contributed by atoms with Gasteiger partial charge in [0.1, 0.15) is 11.8 Å². The molecule has 0 bridgehead atoms. The number of nitrogens with one attached hydrogen (secondary N) is 1. The maximum atomic E-state index is 13.5. The lowest BCUT2D eigenvalue weighted by atomic mass is 10.1. The zero-order chi connectivity index (χ0) is 21.7. The Bertz CT molecular complexity index is 951. The summed E-state index contributed by atoms with van der Waals surface area (Å²) in [4.78, 5) is 12.5. The van der Waals surface area contributed by atoms with Crippen LogP contribution in [0.2, 0.25) is 0 Å². The largest absolute Gasteiger partial charge is 0.497 e. The minimum atomic E-state index is -4.19. The van der Waals surface area contributed by atoms with Crippen LogP contribution in [0.15, 0.2) is 59.5 Å². The molecule has 3 rings (SSSR count). The van der Waals surface area contributed by atoms with E-state index in [1.165, 1.54) is 36.9 Å². The summed E-state index contributed by atoms with van der Waals surface area (Å²) in [6.07, 6.45) is -1.70. The van der Waals surface area contributed by atoms with Gasteiger partial charge in [-0.3, -0.25) is 10.0 Å². The topological polar surface area (TPSA) is 125 Å². The molecule has 1 fully saturated rings. The molecule has 30 heavy (non-hydrogen) atoms. The number of amides is 1. The van der Waals surface area contributed by atoms with Crippen molar-refractivity contribution in [2.45, 2.75) is 36.1 Å². The van der Waals surface area contributed by atoms with Crippen molar-refractivity contribution in [1.29, 1.82) is 0 Å². The maximum absolute atomic E-state index is 13.5. The van der Waals surface area contributed by atoms with Gasteiger partial charge in [0.05, 0.1) is 30.8 Å². The first-order chi connectivity index (χ1) is 14.4. The number of methoxy groups -OCH3 is 1. The summed E-state index contributed by atoms with van der Waals surface area (Å²) in [7, 11) is -2.72. The van der Waals surface area contributed by atoms with E-state index in [-0.39, 0.29) is 24.5 Å². The molecule has 0 spiro atoms. The highest BCUT2D eigenvalue weighted by Gasteiger charge is 2.44. The number of carbonyl (C=O) groups excluding carboxylic acids is 1. The second-order valence-corrected chi connectivity index (χ2v) is 8.78. The van der Waals surface area contributed by atoms with Crippen molar-refractivity contribution < 1.29 is 33.0 Å². The van der Waals surface area contributed by atoms with Gasteiger partial charge in [0.2, 0.25) is 10.0 Å². The maximum Gasteiger partial charge on any atom is 0.264 e. The van der Waals surface area contributed by atoms with Gasteiger partial charge in [-0.2, -0.15) is 4.31 Å². The number of sulfonamides is 1. The number of aliphatic hydroxyl groups is 1. The first-order valence-corrected chi connectivity index (χ1v) is 10.7. The molecule has 0 unspecified atom stereocenters. The lowest BCUT2D eigenvalue weighted by Crippen LogP contribution is -2.54. The third-order valence-corrected chi connectivity index (χ3v) is 6.74. The minimum Gasteiger partial charge on any atom is -0.497 e. The van der Waals surface area contributed by atoms with Crippen LogP contribution < -0.4 is 10.2 Å². The van der Waals surface area contributed by atoms with Crippen molar-refractivity contribution in [3.63, 3.8) is 0 Å². The van der Waals surface area contributed by atoms with E-state index in [9.17, 15) is 23.5 Å². The van der Waals surface area contributed by atoms with Crippen LogP contribution in [0.4, 0.5) is 0 Å². The van der Waals surface area contributed by atoms with E-state index in [1.807, 2.05) is 0 Å². The summed E-state index contributed by atoms with van der Waals surface area (Å²) in [6, 6.07) is 13.1. The molecule has 162 valence electrons. The molecule has 0 aromatic heterocycles. The predicted octanol–water partition coefficient (Wildman–Crippen LogP) is 0.910. The summed E-state index contributed by atoms with van der Waals surface area (Å²) in [5.74, 6) is -0.461. The van der Waals surface area contributed by atoms with Gasteiger partial charge in [-0.15, -0.1) is 0 Å². The highest BCUT2D eigenvalue weighted by atomic mass is 32.2. The zero-order valence-corrected chi connectivity index (χ0v) is 17.2. The summed E-state index contributed by atoms with van der Waals surface area (Å²) >= 11 is 0. The van der Waals surface area contributed by atoms with Crippen LogP contribution in [0.3, 0.4) is 0 Å². The van der Waals surface area contributed by atoms with Gasteiger partial charge in [0.25, 0.3) is 5.91 Å². The van der Waals surface area contributed by atoms with Crippen LogP contribution in [0, 0.1) is 0 Å². The Labute approximate surface area is 174 Å². The van der Waals surface area contributed by atoms with Crippen LogP contribution in [0.1, 0.15) is 12.0 Å². The third-order valence-electron chi connectivity index (χ3n) is 4.90. The van der Waals surface area contributed by atoms with Gasteiger partial charge >= 0.3 is 0 Å². The Morgan fingerprint density at radius 3 is 2.43 bits per heavy atom. The van der Waals surface area contributed by atoms with Crippen molar-refractivity contribution in [3.05, 3.63) is 60.2 Å². The van der Waals surface area contributed by atoms with Crippen LogP contribution in [0.5, 0.6) is 5.75 Å². The Morgan fingerprint density at radius 2 is 1.90 bits per heavy atom. The molecule has 1 aliphatic heterocycles. The number of ether oxygens (including phenoxy) is 2. The molecular formula is C20H24N2O7S. The SMILES string of the molecule is COc1ccc(S(=O)(=O)N(Cc2ccccc2)[C@@H](C(=O)NO)[C@H]2C[C@H](O)CO2)cc1. The number of carbonyl (C=O) groups is 1. The number of nitrogens with zero attached hydrogens (tertiary/aromatic N) is 1. The van der Waals surface area contributed by atoms with Gasteiger partial charge in [0, 0.05) is 13.0 Å². The van der Waals surface area contributed by atoms with Gasteiger partial charge in [-0.25, -0.2) is 13.9 Å². The first-order valence-electron chi connectivity index (χ1n) is 9.30. The van der Waals surface area contributed by atoms with E-state index in [2.05, 4.69) is 0 Å². The highest BCUT2D eigenvalue weighted by Crippen LogP contribution is 2.28. The van der Waals surface area contributed by atoms with Crippen LogP contribution in [-0.4, -0.2) is 60.9 Å².